The Morgan fingerprint density at radius 2 is 0.968 bits per heavy atom. The molecule has 0 fully saturated rings. The number of nitrogens with one attached hydrogen (secondary N) is 3. The first kappa shape index (κ1) is 43.1. The molecule has 0 saturated heterocycles. The van der Waals surface area contributed by atoms with E-state index in [0.717, 1.165) is 32.3 Å². The van der Waals surface area contributed by atoms with Gasteiger partial charge in [-0.25, -0.2) is 10.0 Å². The van der Waals surface area contributed by atoms with Crippen LogP contribution in [0.3, 0.4) is 0 Å². The number of hydrazone groups is 2. The summed E-state index contributed by atoms with van der Waals surface area (Å²) in [5, 5.41) is 21.2. The van der Waals surface area contributed by atoms with Crippen molar-refractivity contribution >= 4 is 69.6 Å². The zero-order valence-corrected chi connectivity index (χ0v) is 36.4. The van der Waals surface area contributed by atoms with Crippen molar-refractivity contribution in [2.75, 3.05) is 58.6 Å². The highest BCUT2D eigenvalue weighted by molar-refractivity contribution is 7.99. The topological polar surface area (TPSA) is 191 Å². The van der Waals surface area contributed by atoms with Crippen LogP contribution in [0.2, 0.25) is 0 Å². The number of hydrogen-bond donors (Lipinski definition) is 3. The van der Waals surface area contributed by atoms with Crippen molar-refractivity contribution in [1.29, 1.82) is 0 Å². The standard InChI is InChI=1S/C44H47N7O10S/c1-23(52)50-33(25-13-35(56-3)43(60-7)36(14-25)57-4)17-29(48-50)21-41(54)45-27-9-11-31-39(19-27)62-40-20-28(10-12-32(40)47-31)46-42(55)22-30-18-34(51(49-30)24(2)53)26-15-37(58-5)44(61-8)38(16-26)59-6/h9-16,19-20,33-34,47H,17-18,21-22H2,1-8H3,(H,45,54)(H,46,55). The summed E-state index contributed by atoms with van der Waals surface area (Å²) in [6.07, 6.45) is 0.630. The van der Waals surface area contributed by atoms with Crippen LogP contribution >= 0.6 is 11.8 Å². The minimum absolute atomic E-state index is 0.0239. The van der Waals surface area contributed by atoms with Crippen LogP contribution in [0.25, 0.3) is 0 Å². The Hall–Kier alpha value is -6.95. The number of anilines is 4. The molecule has 0 aliphatic carbocycles. The van der Waals surface area contributed by atoms with Crippen LogP contribution in [0.1, 0.15) is 62.7 Å². The number of methoxy groups -OCH3 is 6. The van der Waals surface area contributed by atoms with Gasteiger partial charge in [-0.3, -0.25) is 19.2 Å². The van der Waals surface area contributed by atoms with Crippen molar-refractivity contribution in [2.24, 2.45) is 10.2 Å². The predicted octanol–water partition coefficient (Wildman–Crippen LogP) is 7.30. The summed E-state index contributed by atoms with van der Waals surface area (Å²) in [7, 11) is 9.12. The number of benzene rings is 4. The van der Waals surface area contributed by atoms with Gasteiger partial charge in [-0.15, -0.1) is 0 Å². The first-order valence-corrected chi connectivity index (χ1v) is 20.3. The second-order valence-corrected chi connectivity index (χ2v) is 15.6. The van der Waals surface area contributed by atoms with E-state index in [1.165, 1.54) is 78.3 Å². The van der Waals surface area contributed by atoms with Crippen molar-refractivity contribution in [3.63, 3.8) is 0 Å². The van der Waals surface area contributed by atoms with E-state index in [2.05, 4.69) is 26.2 Å². The van der Waals surface area contributed by atoms with E-state index in [1.54, 1.807) is 24.3 Å². The SMILES string of the molecule is COc1cc(C2CC(CC(=O)Nc3ccc4c(c3)Sc3cc(NC(=O)CC5=NN(C(C)=O)C(c6cc(OC)c(OC)c(OC)c6)C5)ccc3N4)=NN2C(C)=O)cc(OC)c1OC. The molecule has 2 unspecified atom stereocenters. The molecule has 4 amide bonds. The summed E-state index contributed by atoms with van der Waals surface area (Å²) in [5.41, 5.74) is 5.43. The van der Waals surface area contributed by atoms with Gasteiger partial charge >= 0.3 is 0 Å². The molecule has 0 saturated carbocycles. The maximum Gasteiger partial charge on any atom is 0.240 e. The van der Waals surface area contributed by atoms with E-state index in [-0.39, 0.29) is 36.5 Å². The molecule has 4 aromatic carbocycles. The summed E-state index contributed by atoms with van der Waals surface area (Å²) >= 11 is 1.49. The quantitative estimate of drug-likeness (QED) is 0.101. The Kier molecular flexibility index (Phi) is 12.8. The van der Waals surface area contributed by atoms with Crippen molar-refractivity contribution in [2.45, 2.75) is 61.4 Å². The van der Waals surface area contributed by atoms with Crippen molar-refractivity contribution in [3.8, 4) is 34.5 Å². The Morgan fingerprint density at radius 1 is 0.597 bits per heavy atom. The second kappa shape index (κ2) is 18.3. The van der Waals surface area contributed by atoms with E-state index >= 15 is 0 Å². The van der Waals surface area contributed by atoms with Gasteiger partial charge in [0.05, 0.1) is 90.4 Å². The molecule has 17 nitrogen and oxygen atoms in total. The van der Waals surface area contributed by atoms with Crippen molar-refractivity contribution < 1.29 is 47.6 Å². The lowest BCUT2D eigenvalue weighted by molar-refractivity contribution is -0.131. The summed E-state index contributed by atoms with van der Waals surface area (Å²) in [4.78, 5) is 53.8. The van der Waals surface area contributed by atoms with Gasteiger partial charge in [-0.2, -0.15) is 10.2 Å². The van der Waals surface area contributed by atoms with E-state index in [1.807, 2.05) is 36.4 Å². The molecular formula is C44H47N7O10S. The van der Waals surface area contributed by atoms with Gasteiger partial charge in [0.2, 0.25) is 35.1 Å². The highest BCUT2D eigenvalue weighted by Gasteiger charge is 2.35. The van der Waals surface area contributed by atoms with Crippen LogP contribution in [0.15, 0.2) is 80.7 Å². The molecule has 0 radical (unpaired) electrons. The lowest BCUT2D eigenvalue weighted by Crippen LogP contribution is -2.24. The Labute approximate surface area is 362 Å². The summed E-state index contributed by atoms with van der Waals surface area (Å²) < 4.78 is 33.0. The molecule has 0 bridgehead atoms. The smallest absolute Gasteiger partial charge is 0.240 e. The number of hydrogen-bond acceptors (Lipinski definition) is 14. The van der Waals surface area contributed by atoms with Crippen LogP contribution in [0.4, 0.5) is 22.7 Å². The maximum absolute atomic E-state index is 13.4. The molecule has 3 aliphatic heterocycles. The molecule has 3 N–H and O–H groups in total. The lowest BCUT2D eigenvalue weighted by atomic mass is 9.99. The zero-order valence-electron chi connectivity index (χ0n) is 35.5. The fraction of sp³-hybridized carbons (Fsp3) is 0.318. The minimum Gasteiger partial charge on any atom is -0.493 e. The summed E-state index contributed by atoms with van der Waals surface area (Å²) in [5.74, 6) is 1.53. The number of ether oxygens (including phenoxy) is 6. The Morgan fingerprint density at radius 3 is 1.29 bits per heavy atom. The summed E-state index contributed by atoms with van der Waals surface area (Å²) in [6.45, 7) is 2.85. The van der Waals surface area contributed by atoms with Crippen LogP contribution in [0, 0.1) is 0 Å². The average Bonchev–Trinajstić information content (AvgIpc) is 3.89. The first-order valence-electron chi connectivity index (χ1n) is 19.5. The van der Waals surface area contributed by atoms with Gasteiger partial charge in [-0.1, -0.05) is 11.8 Å². The van der Waals surface area contributed by atoms with Gasteiger partial charge in [0.15, 0.2) is 23.0 Å². The van der Waals surface area contributed by atoms with Gasteiger partial charge in [0.1, 0.15) is 0 Å². The van der Waals surface area contributed by atoms with Crippen LogP contribution in [-0.2, 0) is 19.2 Å². The Bertz CT molecular complexity index is 2290. The molecule has 4 aromatic rings. The third kappa shape index (κ3) is 8.90. The second-order valence-electron chi connectivity index (χ2n) is 14.5. The molecule has 324 valence electrons. The molecule has 7 rings (SSSR count). The fourth-order valence-electron chi connectivity index (χ4n) is 7.67. The van der Waals surface area contributed by atoms with Gasteiger partial charge < -0.3 is 44.4 Å². The highest BCUT2D eigenvalue weighted by Crippen LogP contribution is 2.47. The molecule has 62 heavy (non-hydrogen) atoms. The van der Waals surface area contributed by atoms with E-state index in [4.69, 9.17) is 28.4 Å². The zero-order chi connectivity index (χ0) is 44.2. The monoisotopic (exact) mass is 865 g/mol. The number of carbonyl (C=O) groups is 4. The number of nitrogens with zero attached hydrogens (tertiary/aromatic N) is 4. The molecular weight excluding hydrogens is 819 g/mol. The molecule has 3 heterocycles. The third-order valence-corrected chi connectivity index (χ3v) is 11.6. The fourth-order valence-corrected chi connectivity index (χ4v) is 8.73. The number of carbonyl (C=O) groups excluding carboxylic acids is 4. The highest BCUT2D eigenvalue weighted by atomic mass is 32.2. The molecule has 18 heteroatoms. The molecule has 2 atom stereocenters. The average molecular weight is 866 g/mol. The Balaban J connectivity index is 0.980. The van der Waals surface area contributed by atoms with Crippen molar-refractivity contribution in [1.82, 2.24) is 10.0 Å². The van der Waals surface area contributed by atoms with Gasteiger partial charge in [0.25, 0.3) is 0 Å². The predicted molar refractivity (Wildman–Crippen MR) is 234 cm³/mol. The van der Waals surface area contributed by atoms with E-state index in [0.29, 0.717) is 70.1 Å². The maximum atomic E-state index is 13.4. The number of fused-ring (bicyclic) bond motifs is 2. The molecule has 3 aliphatic rings. The lowest BCUT2D eigenvalue weighted by Gasteiger charge is -2.22. The van der Waals surface area contributed by atoms with Crippen LogP contribution in [0.5, 0.6) is 34.5 Å². The largest absolute Gasteiger partial charge is 0.493 e. The van der Waals surface area contributed by atoms with Crippen molar-refractivity contribution in [3.05, 3.63) is 71.8 Å². The van der Waals surface area contributed by atoms with E-state index in [9.17, 15) is 19.2 Å². The van der Waals surface area contributed by atoms with E-state index < -0.39 is 12.1 Å². The normalized spacial score (nSPS) is 16.2. The molecule has 0 aromatic heterocycles. The van der Waals surface area contributed by atoms with Gasteiger partial charge in [-0.05, 0) is 71.8 Å². The van der Waals surface area contributed by atoms with Crippen LogP contribution < -0.4 is 44.4 Å². The number of rotatable bonds is 14. The first-order chi connectivity index (χ1) is 29.9. The molecule has 0 spiro atoms. The number of amides is 4. The van der Waals surface area contributed by atoms with Gasteiger partial charge in [0, 0.05) is 47.9 Å². The van der Waals surface area contributed by atoms with Crippen LogP contribution in [-0.4, -0.2) is 87.7 Å². The summed E-state index contributed by atoms with van der Waals surface area (Å²) in [6, 6.07) is 17.3. The third-order valence-electron chi connectivity index (χ3n) is 10.5. The minimum atomic E-state index is -0.467.